The lowest BCUT2D eigenvalue weighted by atomic mass is 10.1. The molecule has 4 heterocycles. The van der Waals surface area contributed by atoms with E-state index < -0.39 is 11.6 Å². The Labute approximate surface area is 189 Å². The molecule has 1 fully saturated rings. The maximum Gasteiger partial charge on any atom is 0.144 e. The highest BCUT2D eigenvalue weighted by Crippen LogP contribution is 2.40. The molecule has 5 rings (SSSR count). The Morgan fingerprint density at radius 1 is 1.18 bits per heavy atom. The van der Waals surface area contributed by atoms with Crippen LogP contribution < -0.4 is 10.2 Å². The smallest absolute Gasteiger partial charge is 0.144 e. The molecule has 0 aliphatic carbocycles. The first-order valence-corrected chi connectivity index (χ1v) is 10.9. The lowest BCUT2D eigenvalue weighted by Crippen LogP contribution is -2.52. The van der Waals surface area contributed by atoms with Crippen molar-refractivity contribution in [2.75, 3.05) is 43.1 Å². The second-order valence-electron chi connectivity index (χ2n) is 8.35. The van der Waals surface area contributed by atoms with Crippen molar-refractivity contribution >= 4 is 23.0 Å². The van der Waals surface area contributed by atoms with Crippen molar-refractivity contribution in [2.45, 2.75) is 19.9 Å². The first kappa shape index (κ1) is 21.4. The molecule has 2 aliphatic heterocycles. The van der Waals surface area contributed by atoms with Crippen molar-refractivity contribution in [3.05, 3.63) is 53.4 Å². The summed E-state index contributed by atoms with van der Waals surface area (Å²) < 4.78 is 41.9. The predicted octanol–water partition coefficient (Wildman–Crippen LogP) is 4.04. The standard InChI is InChI=1S/C23H24F3N7/c1-13-12-32(7-6-24)8-9-33(13)19-10-15-18(11-27-19)28-23(20-16(25)4-3-5-17(20)26)29-21-14(2)30-31-22(15)21/h3-5,10-11,13H,6-9,12H2,1-2H3,(H,28,29)(H,30,31). The Hall–Kier alpha value is -3.40. The zero-order chi connectivity index (χ0) is 23.1. The van der Waals surface area contributed by atoms with Crippen LogP contribution in [0.4, 0.5) is 30.4 Å². The van der Waals surface area contributed by atoms with Crippen LogP contribution in [0.5, 0.6) is 0 Å². The number of halogens is 3. The second kappa shape index (κ2) is 8.51. The Morgan fingerprint density at radius 2 is 1.97 bits per heavy atom. The van der Waals surface area contributed by atoms with Crippen LogP contribution in [0.25, 0.3) is 11.3 Å². The third-order valence-electron chi connectivity index (χ3n) is 6.14. The Kier molecular flexibility index (Phi) is 5.53. The number of rotatable bonds is 4. The normalized spacial score (nSPS) is 18.3. The molecule has 0 saturated carbocycles. The average Bonchev–Trinajstić information content (AvgIpc) is 3.05. The molecule has 3 aromatic rings. The van der Waals surface area contributed by atoms with Gasteiger partial charge in [-0.3, -0.25) is 10.00 Å². The van der Waals surface area contributed by atoms with Gasteiger partial charge in [-0.1, -0.05) is 6.07 Å². The molecule has 2 aliphatic rings. The van der Waals surface area contributed by atoms with Gasteiger partial charge in [-0.2, -0.15) is 5.10 Å². The lowest BCUT2D eigenvalue weighted by molar-refractivity contribution is 0.210. The minimum Gasteiger partial charge on any atom is -0.351 e. The van der Waals surface area contributed by atoms with E-state index >= 15 is 0 Å². The number of hydrogen-bond acceptors (Lipinski definition) is 6. The number of anilines is 2. The fraction of sp³-hybridized carbons (Fsp3) is 0.348. The zero-order valence-electron chi connectivity index (χ0n) is 18.4. The van der Waals surface area contributed by atoms with E-state index in [-0.39, 0.29) is 24.1 Å². The van der Waals surface area contributed by atoms with Gasteiger partial charge in [-0.05, 0) is 32.0 Å². The lowest BCUT2D eigenvalue weighted by Gasteiger charge is -2.40. The highest BCUT2D eigenvalue weighted by Gasteiger charge is 2.28. The van der Waals surface area contributed by atoms with Crippen LogP contribution in [-0.2, 0) is 0 Å². The monoisotopic (exact) mass is 455 g/mol. The van der Waals surface area contributed by atoms with Gasteiger partial charge in [0.1, 0.15) is 41.3 Å². The van der Waals surface area contributed by atoms with Gasteiger partial charge in [0.05, 0.1) is 23.1 Å². The summed E-state index contributed by atoms with van der Waals surface area (Å²) in [4.78, 5) is 13.4. The number of pyridine rings is 1. The number of aliphatic imine (C=N–C) groups is 1. The average molecular weight is 455 g/mol. The first-order valence-electron chi connectivity index (χ1n) is 10.9. The largest absolute Gasteiger partial charge is 0.351 e. The molecule has 1 atom stereocenters. The molecule has 172 valence electrons. The van der Waals surface area contributed by atoms with Crippen LogP contribution in [0.1, 0.15) is 18.2 Å². The number of aromatic nitrogens is 3. The van der Waals surface area contributed by atoms with Crippen molar-refractivity contribution in [1.82, 2.24) is 20.1 Å². The number of benzene rings is 1. The van der Waals surface area contributed by atoms with E-state index in [2.05, 4.69) is 42.2 Å². The van der Waals surface area contributed by atoms with Crippen LogP contribution in [0.3, 0.4) is 0 Å². The number of nitrogens with one attached hydrogen (secondary N) is 2. The number of amidine groups is 1. The van der Waals surface area contributed by atoms with Gasteiger partial charge < -0.3 is 10.2 Å². The van der Waals surface area contributed by atoms with E-state index in [4.69, 9.17) is 0 Å². The Bertz CT molecular complexity index is 1200. The van der Waals surface area contributed by atoms with Gasteiger partial charge in [-0.25, -0.2) is 23.1 Å². The number of nitrogens with zero attached hydrogens (tertiary/aromatic N) is 5. The predicted molar refractivity (Wildman–Crippen MR) is 122 cm³/mol. The minimum atomic E-state index is -0.711. The number of aromatic amines is 1. The number of alkyl halides is 1. The van der Waals surface area contributed by atoms with Crippen LogP contribution in [0, 0.1) is 18.6 Å². The van der Waals surface area contributed by atoms with Gasteiger partial charge in [-0.15, -0.1) is 0 Å². The first-order chi connectivity index (χ1) is 16.0. The number of hydrogen-bond donors (Lipinski definition) is 2. The topological polar surface area (TPSA) is 72.4 Å². The van der Waals surface area contributed by atoms with E-state index in [0.717, 1.165) is 31.0 Å². The van der Waals surface area contributed by atoms with Crippen LogP contribution in [-0.4, -0.2) is 64.8 Å². The van der Waals surface area contributed by atoms with E-state index in [9.17, 15) is 13.2 Å². The van der Waals surface area contributed by atoms with Crippen LogP contribution >= 0.6 is 0 Å². The maximum atomic E-state index is 14.5. The second-order valence-corrected chi connectivity index (χ2v) is 8.35. The SMILES string of the molecule is Cc1[nH]nc2c1N=C(c1c(F)cccc1F)Nc1cnc(N3CCN(CCF)CC3C)cc1-2. The molecule has 1 unspecified atom stereocenters. The van der Waals surface area contributed by atoms with E-state index in [0.29, 0.717) is 29.3 Å². The minimum absolute atomic E-state index is 0.0536. The van der Waals surface area contributed by atoms with E-state index in [1.54, 1.807) is 6.20 Å². The van der Waals surface area contributed by atoms with E-state index in [1.165, 1.54) is 18.2 Å². The van der Waals surface area contributed by atoms with Crippen molar-refractivity contribution in [3.63, 3.8) is 0 Å². The fourth-order valence-electron chi connectivity index (χ4n) is 4.45. The van der Waals surface area contributed by atoms with Gasteiger partial charge >= 0.3 is 0 Å². The number of aryl methyl sites for hydroxylation is 1. The number of fused-ring (bicyclic) bond motifs is 3. The van der Waals surface area contributed by atoms with Crippen LogP contribution in [0.15, 0.2) is 35.5 Å². The van der Waals surface area contributed by atoms with Gasteiger partial charge in [0.2, 0.25) is 0 Å². The van der Waals surface area contributed by atoms with Crippen molar-refractivity contribution in [2.24, 2.45) is 4.99 Å². The molecule has 0 amide bonds. The molecule has 0 bridgehead atoms. The molecule has 0 radical (unpaired) electrons. The van der Waals surface area contributed by atoms with Crippen molar-refractivity contribution in [3.8, 4) is 11.3 Å². The summed E-state index contributed by atoms with van der Waals surface area (Å²) in [5.41, 5.74) is 2.81. The summed E-state index contributed by atoms with van der Waals surface area (Å²) in [6.45, 7) is 6.18. The van der Waals surface area contributed by atoms with Crippen molar-refractivity contribution in [1.29, 1.82) is 0 Å². The molecule has 1 saturated heterocycles. The molecule has 2 N–H and O–H groups in total. The summed E-state index contributed by atoms with van der Waals surface area (Å²) in [5.74, 6) is -0.609. The molecule has 7 nitrogen and oxygen atoms in total. The maximum absolute atomic E-state index is 14.5. The zero-order valence-corrected chi connectivity index (χ0v) is 18.4. The van der Waals surface area contributed by atoms with Gasteiger partial charge in [0.25, 0.3) is 0 Å². The molecule has 0 spiro atoms. The molecule has 10 heteroatoms. The highest BCUT2D eigenvalue weighted by atomic mass is 19.1. The van der Waals surface area contributed by atoms with E-state index in [1.807, 2.05) is 13.0 Å². The molecule has 33 heavy (non-hydrogen) atoms. The molecule has 2 aromatic heterocycles. The van der Waals surface area contributed by atoms with Gasteiger partial charge in [0, 0.05) is 37.8 Å². The van der Waals surface area contributed by atoms with Crippen molar-refractivity contribution < 1.29 is 13.2 Å². The summed E-state index contributed by atoms with van der Waals surface area (Å²) in [6.07, 6.45) is 1.64. The third-order valence-corrected chi connectivity index (χ3v) is 6.14. The fourth-order valence-corrected chi connectivity index (χ4v) is 4.45. The quantitative estimate of drug-likeness (QED) is 0.621. The summed E-state index contributed by atoms with van der Waals surface area (Å²) in [7, 11) is 0. The molecule has 1 aromatic carbocycles. The summed E-state index contributed by atoms with van der Waals surface area (Å²) in [6, 6.07) is 5.77. The summed E-state index contributed by atoms with van der Waals surface area (Å²) in [5, 5.41) is 10.4. The Morgan fingerprint density at radius 3 is 2.70 bits per heavy atom. The highest BCUT2D eigenvalue weighted by molar-refractivity contribution is 6.13. The van der Waals surface area contributed by atoms with Crippen LogP contribution in [0.2, 0.25) is 0 Å². The number of piperazine rings is 1. The molecular weight excluding hydrogens is 431 g/mol. The number of H-pyrrole nitrogens is 1. The Balaban J connectivity index is 1.55. The summed E-state index contributed by atoms with van der Waals surface area (Å²) >= 11 is 0. The third kappa shape index (κ3) is 3.84. The van der Waals surface area contributed by atoms with Gasteiger partial charge in [0.15, 0.2) is 0 Å². The molecular formula is C23H24F3N7.